The molecule has 2 nitrogen and oxygen atoms in total. The summed E-state index contributed by atoms with van der Waals surface area (Å²) in [5.41, 5.74) is 13.8. The van der Waals surface area contributed by atoms with E-state index in [4.69, 9.17) is 16.0 Å². The first-order valence-corrected chi connectivity index (χ1v) is 20.3. The molecule has 0 aliphatic rings. The Balaban J connectivity index is 1.02. The molecule has 11 aromatic rings. The summed E-state index contributed by atoms with van der Waals surface area (Å²) in [6, 6.07) is 77.4. The molecule has 0 N–H and O–H groups in total. The standard InChI is InChI=1S/C56H36ClNO/c57-51-33-32-49-55-52(34-28-41-24-23-40-17-10-11-22-48(40)53(41)55)59-56(49)54(51)43-18-12-21-46(35-43)58(44-19-8-3-9-20-44)45-29-25-37(26-30-45)42-27-31-47(38-13-4-1-5-14-38)50(36-42)39-15-6-2-7-16-39/h1-36H. The van der Waals surface area contributed by atoms with Crippen molar-refractivity contribution in [3.05, 3.63) is 223 Å². The minimum Gasteiger partial charge on any atom is -0.455 e. The number of fused-ring (bicyclic) bond motifs is 7. The van der Waals surface area contributed by atoms with Gasteiger partial charge in [-0.05, 0) is 116 Å². The minimum absolute atomic E-state index is 0.645. The maximum absolute atomic E-state index is 7.14. The summed E-state index contributed by atoms with van der Waals surface area (Å²) >= 11 is 7.14. The van der Waals surface area contributed by atoms with Crippen molar-refractivity contribution in [1.82, 2.24) is 0 Å². The Labute approximate surface area is 347 Å². The van der Waals surface area contributed by atoms with E-state index < -0.39 is 0 Å². The molecule has 0 fully saturated rings. The zero-order chi connectivity index (χ0) is 39.3. The van der Waals surface area contributed by atoms with E-state index in [9.17, 15) is 0 Å². The van der Waals surface area contributed by atoms with Gasteiger partial charge in [0, 0.05) is 38.8 Å². The predicted molar refractivity (Wildman–Crippen MR) is 250 cm³/mol. The lowest BCUT2D eigenvalue weighted by Crippen LogP contribution is -2.09. The van der Waals surface area contributed by atoms with Crippen LogP contribution in [0.3, 0.4) is 0 Å². The van der Waals surface area contributed by atoms with Crippen LogP contribution >= 0.6 is 11.6 Å². The second-order valence-corrected chi connectivity index (χ2v) is 15.4. The van der Waals surface area contributed by atoms with Crippen LogP contribution in [0.5, 0.6) is 0 Å². The first kappa shape index (κ1) is 34.8. The van der Waals surface area contributed by atoms with Crippen molar-refractivity contribution in [2.24, 2.45) is 0 Å². The van der Waals surface area contributed by atoms with Gasteiger partial charge in [-0.15, -0.1) is 0 Å². The summed E-state index contributed by atoms with van der Waals surface area (Å²) in [7, 11) is 0. The highest BCUT2D eigenvalue weighted by Gasteiger charge is 2.21. The number of hydrogen-bond acceptors (Lipinski definition) is 2. The van der Waals surface area contributed by atoms with E-state index >= 15 is 0 Å². The maximum Gasteiger partial charge on any atom is 0.144 e. The zero-order valence-corrected chi connectivity index (χ0v) is 32.8. The molecule has 0 bridgehead atoms. The molecule has 0 amide bonds. The number of halogens is 1. The molecule has 3 heteroatoms. The fourth-order valence-corrected chi connectivity index (χ4v) is 9.01. The molecule has 1 aromatic heterocycles. The Bertz CT molecular complexity index is 3320. The molecule has 1 heterocycles. The highest BCUT2D eigenvalue weighted by Crippen LogP contribution is 2.46. The van der Waals surface area contributed by atoms with E-state index in [0.29, 0.717) is 5.02 Å². The molecular weight excluding hydrogens is 738 g/mol. The van der Waals surface area contributed by atoms with Crippen LogP contribution in [0.25, 0.3) is 88.0 Å². The van der Waals surface area contributed by atoms with Crippen LogP contribution in [-0.2, 0) is 0 Å². The van der Waals surface area contributed by atoms with Gasteiger partial charge in [0.15, 0.2) is 0 Å². The van der Waals surface area contributed by atoms with Gasteiger partial charge < -0.3 is 9.32 Å². The molecule has 0 saturated carbocycles. The molecule has 0 unspecified atom stereocenters. The number of hydrogen-bond donors (Lipinski definition) is 0. The lowest BCUT2D eigenvalue weighted by molar-refractivity contribution is 0.670. The van der Waals surface area contributed by atoms with Crippen molar-refractivity contribution in [1.29, 1.82) is 0 Å². The van der Waals surface area contributed by atoms with Crippen LogP contribution in [0.4, 0.5) is 17.1 Å². The second kappa shape index (κ2) is 14.5. The van der Waals surface area contributed by atoms with Crippen molar-refractivity contribution in [3.63, 3.8) is 0 Å². The first-order valence-electron chi connectivity index (χ1n) is 19.9. The number of nitrogens with zero attached hydrogens (tertiary/aromatic N) is 1. The van der Waals surface area contributed by atoms with Crippen LogP contribution < -0.4 is 4.90 Å². The van der Waals surface area contributed by atoms with Gasteiger partial charge in [-0.2, -0.15) is 0 Å². The van der Waals surface area contributed by atoms with Crippen molar-refractivity contribution < 1.29 is 4.42 Å². The number of rotatable bonds is 7. The Morgan fingerprint density at radius 3 is 1.75 bits per heavy atom. The lowest BCUT2D eigenvalue weighted by atomic mass is 9.91. The summed E-state index contributed by atoms with van der Waals surface area (Å²) in [6.45, 7) is 0. The fraction of sp³-hybridized carbons (Fsp3) is 0. The number of benzene rings is 10. The number of furan rings is 1. The lowest BCUT2D eigenvalue weighted by Gasteiger charge is -2.26. The van der Waals surface area contributed by atoms with E-state index in [-0.39, 0.29) is 0 Å². The summed E-state index contributed by atoms with van der Waals surface area (Å²) in [6.07, 6.45) is 0. The SMILES string of the molecule is Clc1ccc2c(oc3ccc4ccc5ccccc5c4c32)c1-c1cccc(N(c2ccccc2)c2ccc(-c3ccc(-c4ccccc4)c(-c4ccccc4)c3)cc2)c1. The third kappa shape index (κ3) is 6.14. The van der Waals surface area contributed by atoms with E-state index in [1.165, 1.54) is 43.8 Å². The van der Waals surface area contributed by atoms with Gasteiger partial charge in [-0.1, -0.05) is 169 Å². The molecular formula is C56H36ClNO. The molecule has 0 atom stereocenters. The summed E-state index contributed by atoms with van der Waals surface area (Å²) < 4.78 is 6.77. The van der Waals surface area contributed by atoms with Crippen LogP contribution in [0.1, 0.15) is 0 Å². The van der Waals surface area contributed by atoms with Crippen molar-refractivity contribution in [2.45, 2.75) is 0 Å². The topological polar surface area (TPSA) is 16.4 Å². The van der Waals surface area contributed by atoms with Gasteiger partial charge >= 0.3 is 0 Å². The van der Waals surface area contributed by atoms with Crippen molar-refractivity contribution >= 4 is 72.1 Å². The quantitative estimate of drug-likeness (QED) is 0.150. The fourth-order valence-electron chi connectivity index (χ4n) is 8.75. The molecule has 0 spiro atoms. The molecule has 11 rings (SSSR count). The highest BCUT2D eigenvalue weighted by molar-refractivity contribution is 6.36. The van der Waals surface area contributed by atoms with E-state index in [2.05, 4.69) is 217 Å². The molecule has 0 saturated heterocycles. The highest BCUT2D eigenvalue weighted by atomic mass is 35.5. The van der Waals surface area contributed by atoms with Gasteiger partial charge in [0.1, 0.15) is 11.2 Å². The molecule has 59 heavy (non-hydrogen) atoms. The molecule has 0 radical (unpaired) electrons. The Hall–Kier alpha value is -7.39. The first-order chi connectivity index (χ1) is 29.2. The summed E-state index contributed by atoms with van der Waals surface area (Å²) in [5, 5.41) is 7.60. The second-order valence-electron chi connectivity index (χ2n) is 15.0. The Morgan fingerprint density at radius 2 is 0.966 bits per heavy atom. The van der Waals surface area contributed by atoms with Crippen LogP contribution in [-0.4, -0.2) is 0 Å². The number of para-hydroxylation sites is 1. The average Bonchev–Trinajstić information content (AvgIpc) is 3.69. The van der Waals surface area contributed by atoms with Crippen molar-refractivity contribution in [3.8, 4) is 44.5 Å². The normalized spacial score (nSPS) is 11.5. The third-order valence-corrected chi connectivity index (χ3v) is 11.8. The molecule has 0 aliphatic heterocycles. The monoisotopic (exact) mass is 773 g/mol. The largest absolute Gasteiger partial charge is 0.455 e. The third-order valence-electron chi connectivity index (χ3n) is 11.5. The smallest absolute Gasteiger partial charge is 0.144 e. The molecule has 10 aromatic carbocycles. The van der Waals surface area contributed by atoms with Gasteiger partial charge in [-0.25, -0.2) is 0 Å². The number of anilines is 3. The Kier molecular flexibility index (Phi) is 8.57. The molecule has 278 valence electrons. The van der Waals surface area contributed by atoms with Crippen molar-refractivity contribution in [2.75, 3.05) is 4.90 Å². The zero-order valence-electron chi connectivity index (χ0n) is 32.0. The van der Waals surface area contributed by atoms with Crippen LogP contribution in [0, 0.1) is 0 Å². The van der Waals surface area contributed by atoms with Gasteiger partial charge in [-0.3, -0.25) is 0 Å². The average molecular weight is 774 g/mol. The molecule has 0 aliphatic carbocycles. The summed E-state index contributed by atoms with van der Waals surface area (Å²) in [4.78, 5) is 2.30. The van der Waals surface area contributed by atoms with Gasteiger partial charge in [0.2, 0.25) is 0 Å². The van der Waals surface area contributed by atoms with Crippen LogP contribution in [0.15, 0.2) is 223 Å². The summed E-state index contributed by atoms with van der Waals surface area (Å²) in [5.74, 6) is 0. The predicted octanol–water partition coefficient (Wildman–Crippen LogP) is 16.7. The van der Waals surface area contributed by atoms with Gasteiger partial charge in [0.05, 0.1) is 5.02 Å². The Morgan fingerprint density at radius 1 is 0.356 bits per heavy atom. The van der Waals surface area contributed by atoms with E-state index in [1.807, 2.05) is 6.07 Å². The van der Waals surface area contributed by atoms with E-state index in [0.717, 1.165) is 61.3 Å². The minimum atomic E-state index is 0.645. The van der Waals surface area contributed by atoms with E-state index in [1.54, 1.807) is 0 Å². The van der Waals surface area contributed by atoms with Crippen LogP contribution in [0.2, 0.25) is 5.02 Å². The maximum atomic E-state index is 7.14. The van der Waals surface area contributed by atoms with Gasteiger partial charge in [0.25, 0.3) is 0 Å².